The molecule has 2 unspecified atom stereocenters. The van der Waals surface area contributed by atoms with Crippen LogP contribution in [0.2, 0.25) is 0 Å². The Balaban J connectivity index is 1.55. The zero-order valence-electron chi connectivity index (χ0n) is 23.1. The van der Waals surface area contributed by atoms with Gasteiger partial charge in [0.2, 0.25) is 0 Å². The van der Waals surface area contributed by atoms with Gasteiger partial charge in [-0.3, -0.25) is 0 Å². The van der Waals surface area contributed by atoms with E-state index in [1.807, 2.05) is 0 Å². The summed E-state index contributed by atoms with van der Waals surface area (Å²) in [6.45, 7) is 7.48. The highest BCUT2D eigenvalue weighted by atomic mass is 19.1. The van der Waals surface area contributed by atoms with Gasteiger partial charge in [0.15, 0.2) is 12.6 Å². The van der Waals surface area contributed by atoms with E-state index in [-0.39, 0.29) is 41.9 Å². The second kappa shape index (κ2) is 13.7. The monoisotopic (exact) mass is 518 g/mol. The molecule has 4 fully saturated rings. The molecule has 0 amide bonds. The molecule has 0 aromatic carbocycles. The Kier molecular flexibility index (Phi) is 10.7. The number of hydrogen-bond acceptors (Lipinski definition) is 5. The number of aliphatic hydroxyl groups excluding tert-OH is 1. The van der Waals surface area contributed by atoms with Crippen molar-refractivity contribution in [2.24, 2.45) is 23.2 Å². The normalized spacial score (nSPS) is 34.7. The average Bonchev–Trinajstić information content (AvgIpc) is 3.45. The standard InChI is InChI=1S/C31H47FO5/c1-4-5-8-15-31(2,3)28(37-30-12-7-10-17-35-30)14-13-24-25-19-23(26(32)21-33)18-22(25)20-27(24)36-29-11-6-9-16-34-29/h13-14,22,24-25,27-30,33H,4,6-7,9-12,15-21H2,1-3H3/t22-,24+,25-,27+,28+,29?,30?/m0/s1. The van der Waals surface area contributed by atoms with Crippen LogP contribution in [-0.4, -0.2) is 49.7 Å². The van der Waals surface area contributed by atoms with Crippen molar-refractivity contribution in [2.45, 2.75) is 116 Å². The Hall–Kier alpha value is -1.23. The van der Waals surface area contributed by atoms with Gasteiger partial charge in [0.25, 0.3) is 0 Å². The first-order valence-corrected chi connectivity index (χ1v) is 14.6. The largest absolute Gasteiger partial charge is 0.389 e. The van der Waals surface area contributed by atoms with Crippen LogP contribution in [0.4, 0.5) is 4.39 Å². The Bertz CT molecular complexity index is 843. The molecule has 6 heteroatoms. The quantitative estimate of drug-likeness (QED) is 0.280. The zero-order chi connectivity index (χ0) is 26.3. The van der Waals surface area contributed by atoms with E-state index in [9.17, 15) is 9.50 Å². The average molecular weight is 519 g/mol. The van der Waals surface area contributed by atoms with Crippen LogP contribution in [0.5, 0.6) is 0 Å². The molecular weight excluding hydrogens is 471 g/mol. The van der Waals surface area contributed by atoms with Crippen LogP contribution in [-0.2, 0) is 18.9 Å². The van der Waals surface area contributed by atoms with Gasteiger partial charge in [0, 0.05) is 37.4 Å². The topological polar surface area (TPSA) is 57.2 Å². The molecule has 0 bridgehead atoms. The maximum absolute atomic E-state index is 14.3. The number of fused-ring (bicyclic) bond motifs is 1. The Labute approximate surface area is 223 Å². The zero-order valence-corrected chi connectivity index (χ0v) is 23.1. The van der Waals surface area contributed by atoms with E-state index in [1.165, 1.54) is 0 Å². The van der Waals surface area contributed by atoms with Crippen LogP contribution in [0.3, 0.4) is 0 Å². The summed E-state index contributed by atoms with van der Waals surface area (Å²) in [5.74, 6) is 6.99. The van der Waals surface area contributed by atoms with Gasteiger partial charge < -0.3 is 24.1 Å². The molecule has 0 aromatic rings. The highest BCUT2D eigenvalue weighted by molar-refractivity contribution is 5.21. The van der Waals surface area contributed by atoms with Crippen LogP contribution in [0.15, 0.2) is 23.6 Å². The van der Waals surface area contributed by atoms with Gasteiger partial charge in [-0.15, -0.1) is 11.8 Å². The fourth-order valence-corrected chi connectivity index (χ4v) is 6.42. The van der Waals surface area contributed by atoms with E-state index in [0.29, 0.717) is 24.7 Å². The van der Waals surface area contributed by atoms with E-state index < -0.39 is 6.61 Å². The van der Waals surface area contributed by atoms with Gasteiger partial charge in [-0.2, -0.15) is 0 Å². The Morgan fingerprint density at radius 3 is 2.49 bits per heavy atom. The van der Waals surface area contributed by atoms with Gasteiger partial charge in [0.05, 0.1) is 18.8 Å². The molecule has 1 N–H and O–H groups in total. The van der Waals surface area contributed by atoms with E-state index in [4.69, 9.17) is 18.9 Å². The summed E-state index contributed by atoms with van der Waals surface area (Å²) in [6.07, 6.45) is 14.2. The number of allylic oxidation sites excluding steroid dienone is 1. The molecule has 7 atom stereocenters. The van der Waals surface area contributed by atoms with Crippen LogP contribution in [0.25, 0.3) is 0 Å². The number of aliphatic hydroxyl groups is 1. The summed E-state index contributed by atoms with van der Waals surface area (Å²) < 4.78 is 39.3. The molecule has 2 aliphatic heterocycles. The van der Waals surface area contributed by atoms with Crippen molar-refractivity contribution >= 4 is 0 Å². The van der Waals surface area contributed by atoms with Gasteiger partial charge in [0.1, 0.15) is 5.83 Å². The number of ether oxygens (including phenoxy) is 4. The van der Waals surface area contributed by atoms with Crippen LogP contribution >= 0.6 is 0 Å². The predicted molar refractivity (Wildman–Crippen MR) is 142 cm³/mol. The van der Waals surface area contributed by atoms with Crippen LogP contribution in [0.1, 0.15) is 91.4 Å². The first-order valence-electron chi connectivity index (χ1n) is 14.6. The van der Waals surface area contributed by atoms with Crippen LogP contribution < -0.4 is 0 Å². The third kappa shape index (κ3) is 7.67. The predicted octanol–water partition coefficient (Wildman–Crippen LogP) is 6.46. The van der Waals surface area contributed by atoms with E-state index in [0.717, 1.165) is 76.6 Å². The van der Waals surface area contributed by atoms with Gasteiger partial charge in [-0.25, -0.2) is 4.39 Å². The molecule has 0 spiro atoms. The molecule has 208 valence electrons. The molecule has 4 rings (SSSR count). The summed E-state index contributed by atoms with van der Waals surface area (Å²) in [4.78, 5) is 0. The smallest absolute Gasteiger partial charge is 0.158 e. The van der Waals surface area contributed by atoms with Gasteiger partial charge in [-0.05, 0) is 75.2 Å². The molecular formula is C31H47FO5. The molecule has 0 aromatic heterocycles. The fraction of sp³-hybridized carbons (Fsp3) is 0.806. The molecule has 5 nitrogen and oxygen atoms in total. The third-order valence-electron chi connectivity index (χ3n) is 8.60. The summed E-state index contributed by atoms with van der Waals surface area (Å²) >= 11 is 0. The minimum absolute atomic E-state index is 0.0441. The van der Waals surface area contributed by atoms with Crippen molar-refractivity contribution < 1.29 is 28.4 Å². The molecule has 2 aliphatic carbocycles. The minimum atomic E-state index is -0.505. The SMILES string of the molecule is CCC#CCC(C)(C)[C@@H](C=C[C@@H]1[C@H]2CC(=C(F)CO)C[C@H]2C[C@H]1OC1CCCCO1)OC1CCCCO1. The van der Waals surface area contributed by atoms with Gasteiger partial charge >= 0.3 is 0 Å². The molecule has 4 aliphatic rings. The highest BCUT2D eigenvalue weighted by Crippen LogP contribution is 2.52. The molecule has 0 radical (unpaired) electrons. The molecule has 2 saturated carbocycles. The van der Waals surface area contributed by atoms with Crippen molar-refractivity contribution in [3.05, 3.63) is 23.6 Å². The van der Waals surface area contributed by atoms with Crippen LogP contribution in [0, 0.1) is 35.0 Å². The maximum atomic E-state index is 14.3. The number of hydrogen-bond donors (Lipinski definition) is 1. The maximum Gasteiger partial charge on any atom is 0.158 e. The first-order chi connectivity index (χ1) is 17.9. The number of rotatable bonds is 9. The van der Waals surface area contributed by atoms with E-state index in [1.54, 1.807) is 0 Å². The number of halogens is 1. The lowest BCUT2D eigenvalue weighted by molar-refractivity contribution is -0.197. The Morgan fingerprint density at radius 1 is 1.11 bits per heavy atom. The van der Waals surface area contributed by atoms with Crippen molar-refractivity contribution in [3.63, 3.8) is 0 Å². The molecule has 2 saturated heterocycles. The fourth-order valence-electron chi connectivity index (χ4n) is 6.42. The van der Waals surface area contributed by atoms with E-state index >= 15 is 0 Å². The lowest BCUT2D eigenvalue weighted by atomic mass is 9.81. The lowest BCUT2D eigenvalue weighted by Crippen LogP contribution is -2.36. The van der Waals surface area contributed by atoms with Crippen molar-refractivity contribution in [1.82, 2.24) is 0 Å². The summed E-state index contributed by atoms with van der Waals surface area (Å²) in [6, 6.07) is 0. The lowest BCUT2D eigenvalue weighted by Gasteiger charge is -2.35. The van der Waals surface area contributed by atoms with E-state index in [2.05, 4.69) is 44.8 Å². The van der Waals surface area contributed by atoms with Gasteiger partial charge in [-0.1, -0.05) is 32.9 Å². The van der Waals surface area contributed by atoms with Crippen molar-refractivity contribution in [3.8, 4) is 11.8 Å². The van der Waals surface area contributed by atoms with Crippen molar-refractivity contribution in [2.75, 3.05) is 19.8 Å². The summed E-state index contributed by atoms with van der Waals surface area (Å²) in [7, 11) is 0. The molecule has 37 heavy (non-hydrogen) atoms. The third-order valence-corrected chi connectivity index (χ3v) is 8.60. The Morgan fingerprint density at radius 2 is 1.84 bits per heavy atom. The summed E-state index contributed by atoms with van der Waals surface area (Å²) in [5, 5.41) is 9.38. The summed E-state index contributed by atoms with van der Waals surface area (Å²) in [5.41, 5.74) is 0.589. The first kappa shape index (κ1) is 28.8. The second-order valence-corrected chi connectivity index (χ2v) is 11.9. The van der Waals surface area contributed by atoms with Crippen molar-refractivity contribution in [1.29, 1.82) is 0 Å². The molecule has 2 heterocycles. The highest BCUT2D eigenvalue weighted by Gasteiger charge is 2.48. The minimum Gasteiger partial charge on any atom is -0.389 e. The second-order valence-electron chi connectivity index (χ2n) is 11.9.